The van der Waals surface area contributed by atoms with Gasteiger partial charge >= 0.3 is 0 Å². The summed E-state index contributed by atoms with van der Waals surface area (Å²) in [7, 11) is 1.60. The number of hydrogen-bond donors (Lipinski definition) is 2. The van der Waals surface area contributed by atoms with Crippen LogP contribution in [0.2, 0.25) is 0 Å². The van der Waals surface area contributed by atoms with E-state index in [1.807, 2.05) is 0 Å². The molecule has 0 unspecified atom stereocenters. The Morgan fingerprint density at radius 2 is 1.90 bits per heavy atom. The van der Waals surface area contributed by atoms with Crippen molar-refractivity contribution in [2.45, 2.75) is 32.1 Å². The smallest absolute Gasteiger partial charge is 0.251 e. The van der Waals surface area contributed by atoms with Gasteiger partial charge in [0, 0.05) is 24.7 Å². The molecule has 1 aromatic carbocycles. The van der Waals surface area contributed by atoms with Gasteiger partial charge in [0.1, 0.15) is 0 Å². The van der Waals surface area contributed by atoms with Crippen LogP contribution in [0, 0.1) is 17.8 Å². The Labute approximate surface area is 125 Å². The van der Waals surface area contributed by atoms with E-state index in [1.165, 1.54) is 25.7 Å². The van der Waals surface area contributed by atoms with Crippen molar-refractivity contribution in [3.63, 3.8) is 0 Å². The van der Waals surface area contributed by atoms with Crippen molar-refractivity contribution in [1.82, 2.24) is 5.32 Å². The summed E-state index contributed by atoms with van der Waals surface area (Å²) in [6, 6.07) is 7.02. The van der Waals surface area contributed by atoms with Crippen molar-refractivity contribution in [1.29, 1.82) is 0 Å². The lowest BCUT2D eigenvalue weighted by Crippen LogP contribution is -2.20. The number of amides is 2. The fourth-order valence-corrected chi connectivity index (χ4v) is 3.93. The Morgan fingerprint density at radius 1 is 1.14 bits per heavy atom. The lowest BCUT2D eigenvalue weighted by molar-refractivity contribution is -0.117. The van der Waals surface area contributed by atoms with Gasteiger partial charge in [-0.2, -0.15) is 0 Å². The molecular weight excluding hydrogens is 264 g/mol. The van der Waals surface area contributed by atoms with E-state index in [1.54, 1.807) is 31.3 Å². The molecule has 2 aliphatic rings. The summed E-state index contributed by atoms with van der Waals surface area (Å²) in [5.41, 5.74) is 1.36. The van der Waals surface area contributed by atoms with Crippen LogP contribution in [-0.2, 0) is 4.79 Å². The molecule has 2 bridgehead atoms. The molecule has 3 rings (SSSR count). The number of rotatable bonds is 4. The summed E-state index contributed by atoms with van der Waals surface area (Å²) in [6.45, 7) is 0. The quantitative estimate of drug-likeness (QED) is 0.894. The van der Waals surface area contributed by atoms with Crippen molar-refractivity contribution in [3.05, 3.63) is 29.8 Å². The Bertz CT molecular complexity index is 538. The number of nitrogens with one attached hydrogen (secondary N) is 2. The first-order valence-electron chi connectivity index (χ1n) is 7.77. The zero-order chi connectivity index (χ0) is 14.8. The van der Waals surface area contributed by atoms with Crippen LogP contribution >= 0.6 is 0 Å². The number of carbonyl (C=O) groups is 2. The zero-order valence-electron chi connectivity index (χ0n) is 12.4. The molecule has 4 nitrogen and oxygen atoms in total. The van der Waals surface area contributed by atoms with Gasteiger partial charge in [0.15, 0.2) is 0 Å². The van der Waals surface area contributed by atoms with E-state index in [4.69, 9.17) is 0 Å². The molecule has 0 saturated heterocycles. The van der Waals surface area contributed by atoms with Gasteiger partial charge in [-0.25, -0.2) is 0 Å². The zero-order valence-corrected chi connectivity index (χ0v) is 12.4. The van der Waals surface area contributed by atoms with E-state index in [0.717, 1.165) is 17.5 Å². The van der Waals surface area contributed by atoms with Crippen molar-refractivity contribution in [2.75, 3.05) is 12.4 Å². The second-order valence-electron chi connectivity index (χ2n) is 6.34. The monoisotopic (exact) mass is 286 g/mol. The van der Waals surface area contributed by atoms with Gasteiger partial charge in [0.2, 0.25) is 5.91 Å². The van der Waals surface area contributed by atoms with Gasteiger partial charge in [0.25, 0.3) is 5.91 Å². The molecule has 2 saturated carbocycles. The molecule has 2 amide bonds. The predicted molar refractivity (Wildman–Crippen MR) is 82.0 cm³/mol. The maximum atomic E-state index is 12.1. The summed E-state index contributed by atoms with van der Waals surface area (Å²) in [5, 5.41) is 5.52. The average Bonchev–Trinajstić information content (AvgIpc) is 3.09. The van der Waals surface area contributed by atoms with Crippen LogP contribution in [0.25, 0.3) is 0 Å². The molecule has 0 spiro atoms. The van der Waals surface area contributed by atoms with E-state index in [2.05, 4.69) is 10.6 Å². The third-order valence-electron chi connectivity index (χ3n) is 4.99. The Kier molecular flexibility index (Phi) is 3.95. The minimum Gasteiger partial charge on any atom is -0.355 e. The highest BCUT2D eigenvalue weighted by Gasteiger charge is 2.40. The highest BCUT2D eigenvalue weighted by Crippen LogP contribution is 2.49. The number of carbonyl (C=O) groups excluding carboxylic acids is 2. The molecule has 3 atom stereocenters. The molecule has 0 heterocycles. The Hall–Kier alpha value is -1.84. The number of benzene rings is 1. The van der Waals surface area contributed by atoms with Gasteiger partial charge < -0.3 is 10.6 Å². The number of anilines is 1. The van der Waals surface area contributed by atoms with Gasteiger partial charge in [-0.3, -0.25) is 9.59 Å². The number of hydrogen-bond acceptors (Lipinski definition) is 2. The Morgan fingerprint density at radius 3 is 2.48 bits per heavy atom. The van der Waals surface area contributed by atoms with Gasteiger partial charge in [-0.1, -0.05) is 6.42 Å². The lowest BCUT2D eigenvalue weighted by atomic mass is 9.86. The van der Waals surface area contributed by atoms with Crippen LogP contribution in [0.1, 0.15) is 42.5 Å². The van der Waals surface area contributed by atoms with E-state index in [0.29, 0.717) is 17.9 Å². The fraction of sp³-hybridized carbons (Fsp3) is 0.529. The van der Waals surface area contributed by atoms with Crippen molar-refractivity contribution in [3.8, 4) is 0 Å². The van der Waals surface area contributed by atoms with Crippen LogP contribution in [-0.4, -0.2) is 18.9 Å². The standard InChI is InChI=1S/C17H22N2O2/c1-18-17(21)12-4-6-15(7-5-12)19-16(20)10-14-9-11-2-3-13(14)8-11/h4-7,11,13-14H,2-3,8-10H2,1H3,(H,18,21)(H,19,20)/t11-,13-,14-/m0/s1. The summed E-state index contributed by atoms with van der Waals surface area (Å²) >= 11 is 0. The second-order valence-corrected chi connectivity index (χ2v) is 6.34. The third-order valence-corrected chi connectivity index (χ3v) is 4.99. The van der Waals surface area contributed by atoms with Crippen LogP contribution < -0.4 is 10.6 Å². The molecule has 21 heavy (non-hydrogen) atoms. The van der Waals surface area contributed by atoms with Crippen LogP contribution in [0.3, 0.4) is 0 Å². The topological polar surface area (TPSA) is 58.2 Å². The third kappa shape index (κ3) is 3.09. The highest BCUT2D eigenvalue weighted by atomic mass is 16.2. The molecular formula is C17H22N2O2. The average molecular weight is 286 g/mol. The first-order chi connectivity index (χ1) is 10.2. The molecule has 2 N–H and O–H groups in total. The Balaban J connectivity index is 1.54. The van der Waals surface area contributed by atoms with Gasteiger partial charge in [0.05, 0.1) is 0 Å². The second kappa shape index (κ2) is 5.88. The molecule has 2 aliphatic carbocycles. The van der Waals surface area contributed by atoms with Crippen molar-refractivity contribution in [2.24, 2.45) is 17.8 Å². The van der Waals surface area contributed by atoms with Crippen LogP contribution in [0.4, 0.5) is 5.69 Å². The lowest BCUT2D eigenvalue weighted by Gasteiger charge is -2.20. The normalized spacial score (nSPS) is 26.6. The fourth-order valence-electron chi connectivity index (χ4n) is 3.93. The summed E-state index contributed by atoms with van der Waals surface area (Å²) in [6.07, 6.45) is 5.87. The van der Waals surface area contributed by atoms with Crippen molar-refractivity contribution >= 4 is 17.5 Å². The summed E-state index contributed by atoms with van der Waals surface area (Å²) in [4.78, 5) is 23.6. The number of fused-ring (bicyclic) bond motifs is 2. The molecule has 112 valence electrons. The maximum absolute atomic E-state index is 12.1. The molecule has 4 heteroatoms. The first-order valence-corrected chi connectivity index (χ1v) is 7.77. The minimum atomic E-state index is -0.116. The van der Waals surface area contributed by atoms with Gasteiger partial charge in [-0.05, 0) is 61.3 Å². The molecule has 0 aromatic heterocycles. The minimum absolute atomic E-state index is 0.0974. The largest absolute Gasteiger partial charge is 0.355 e. The van der Waals surface area contributed by atoms with E-state index >= 15 is 0 Å². The van der Waals surface area contributed by atoms with Gasteiger partial charge in [-0.15, -0.1) is 0 Å². The van der Waals surface area contributed by atoms with E-state index in [-0.39, 0.29) is 11.8 Å². The van der Waals surface area contributed by atoms with Crippen LogP contribution in [0.15, 0.2) is 24.3 Å². The SMILES string of the molecule is CNC(=O)c1ccc(NC(=O)C[C@@H]2C[C@H]3CC[C@H]2C3)cc1. The maximum Gasteiger partial charge on any atom is 0.251 e. The van der Waals surface area contributed by atoms with Crippen molar-refractivity contribution < 1.29 is 9.59 Å². The molecule has 0 radical (unpaired) electrons. The van der Waals surface area contributed by atoms with E-state index < -0.39 is 0 Å². The summed E-state index contributed by atoms with van der Waals surface area (Å²) in [5.74, 6) is 2.21. The summed E-state index contributed by atoms with van der Waals surface area (Å²) < 4.78 is 0. The molecule has 2 fully saturated rings. The van der Waals surface area contributed by atoms with Crippen LogP contribution in [0.5, 0.6) is 0 Å². The first kappa shape index (κ1) is 14.1. The highest BCUT2D eigenvalue weighted by molar-refractivity contribution is 5.95. The molecule has 1 aromatic rings. The van der Waals surface area contributed by atoms with E-state index in [9.17, 15) is 9.59 Å². The molecule has 0 aliphatic heterocycles. The predicted octanol–water partition coefficient (Wildman–Crippen LogP) is 2.81.